The predicted octanol–water partition coefficient (Wildman–Crippen LogP) is 7.50. The second-order valence-electron chi connectivity index (χ2n) is 13.4. The zero-order valence-corrected chi connectivity index (χ0v) is 37.7. The van der Waals surface area contributed by atoms with Crippen LogP contribution in [0.4, 0.5) is 20.7 Å². The highest BCUT2D eigenvalue weighted by Crippen LogP contribution is 2.45. The molecule has 4 N–H and O–H groups in total. The molecule has 4 aromatic rings. The SMILES string of the molecule is C=CC(=O)N[C@@H]1COC[C@@H]1Nc1ncc(/C=C(\F)c2c(Cl)c(OC)cc(OC)c2Cl)cn1.C=CC(=O)N[C@H]1COC[C@H]1Nc1ncc(/C=C(\F)c2c(Cl)c(OC)cc(OC)c2Cl)cn1. The fourth-order valence-electron chi connectivity index (χ4n) is 6.09. The van der Waals surface area contributed by atoms with Crippen LogP contribution < -0.4 is 40.2 Å². The van der Waals surface area contributed by atoms with Gasteiger partial charge in [-0.2, -0.15) is 0 Å². The van der Waals surface area contributed by atoms with Crippen LogP contribution >= 0.6 is 46.4 Å². The third kappa shape index (κ3) is 12.3. The first kappa shape index (κ1) is 49.3. The molecular formula is C42H42Cl4F2N8O8. The molecule has 0 spiro atoms. The Morgan fingerprint density at radius 3 is 1.17 bits per heavy atom. The molecule has 2 aliphatic rings. The fraction of sp³-hybridized carbons (Fsp3) is 0.286. The summed E-state index contributed by atoms with van der Waals surface area (Å²) in [5.41, 5.74) is 0.633. The molecule has 0 bridgehead atoms. The standard InChI is InChI=1S/2C21H21Cl2FN4O4/c2*1-4-17(29)27-13-9-32-10-14(13)28-21-25-7-11(8-26-21)5-12(24)18-19(22)15(30-2)6-16(31-3)20(18)23/h2*4-8,13-14H,1,9-10H2,2-3H3,(H,27,29)(H,25,26,28)/b2*12-5-/t2*13-,14+/m10/s1. The van der Waals surface area contributed by atoms with E-state index in [1.165, 1.54) is 89.7 Å². The van der Waals surface area contributed by atoms with Crippen LogP contribution in [0.3, 0.4) is 0 Å². The van der Waals surface area contributed by atoms with Gasteiger partial charge in [-0.15, -0.1) is 0 Å². The molecular weight excluding hydrogens is 924 g/mol. The number of nitrogens with one attached hydrogen (secondary N) is 4. The molecule has 2 saturated heterocycles. The summed E-state index contributed by atoms with van der Waals surface area (Å²) in [7, 11) is 5.62. The molecule has 6 rings (SSSR count). The third-order valence-corrected chi connectivity index (χ3v) is 10.9. The monoisotopic (exact) mass is 964 g/mol. The molecule has 64 heavy (non-hydrogen) atoms. The van der Waals surface area contributed by atoms with E-state index in [-0.39, 0.29) is 90.2 Å². The van der Waals surface area contributed by atoms with E-state index < -0.39 is 11.7 Å². The van der Waals surface area contributed by atoms with Gasteiger partial charge in [-0.1, -0.05) is 59.6 Å². The van der Waals surface area contributed by atoms with Crippen molar-refractivity contribution in [3.63, 3.8) is 0 Å². The molecule has 0 radical (unpaired) electrons. The van der Waals surface area contributed by atoms with Crippen LogP contribution in [0.25, 0.3) is 23.8 Å². The lowest BCUT2D eigenvalue weighted by molar-refractivity contribution is -0.118. The summed E-state index contributed by atoms with van der Waals surface area (Å²) in [6.45, 7) is 8.32. The van der Waals surface area contributed by atoms with Gasteiger partial charge in [0.05, 0.1) is 110 Å². The van der Waals surface area contributed by atoms with Crippen LogP contribution in [0.1, 0.15) is 22.3 Å². The van der Waals surface area contributed by atoms with E-state index in [2.05, 4.69) is 54.4 Å². The first-order valence-electron chi connectivity index (χ1n) is 18.9. The van der Waals surface area contributed by atoms with Gasteiger partial charge in [-0.05, 0) is 24.3 Å². The van der Waals surface area contributed by atoms with Crippen LogP contribution in [0.2, 0.25) is 20.1 Å². The Morgan fingerprint density at radius 2 is 0.891 bits per heavy atom. The minimum absolute atomic E-state index is 0.0140. The molecule has 340 valence electrons. The van der Waals surface area contributed by atoms with Crippen LogP contribution in [0.5, 0.6) is 23.0 Å². The minimum atomic E-state index is -0.710. The normalized spacial score (nSPS) is 18.2. The quantitative estimate of drug-likeness (QED) is 0.0808. The highest BCUT2D eigenvalue weighted by atomic mass is 35.5. The van der Waals surface area contributed by atoms with E-state index in [9.17, 15) is 9.59 Å². The first-order valence-corrected chi connectivity index (χ1v) is 20.4. The second-order valence-corrected chi connectivity index (χ2v) is 15.0. The molecule has 0 aliphatic carbocycles. The zero-order valence-electron chi connectivity index (χ0n) is 34.6. The van der Waals surface area contributed by atoms with Crippen LogP contribution in [-0.4, -0.2) is 111 Å². The summed E-state index contributed by atoms with van der Waals surface area (Å²) < 4.78 is 61.6. The lowest BCUT2D eigenvalue weighted by Crippen LogP contribution is -2.45. The molecule has 16 nitrogen and oxygen atoms in total. The van der Waals surface area contributed by atoms with Crippen molar-refractivity contribution in [1.29, 1.82) is 0 Å². The van der Waals surface area contributed by atoms with Crippen molar-refractivity contribution < 1.29 is 46.8 Å². The van der Waals surface area contributed by atoms with Crippen LogP contribution in [-0.2, 0) is 19.1 Å². The number of nitrogens with zero attached hydrogens (tertiary/aromatic N) is 4. The van der Waals surface area contributed by atoms with Crippen molar-refractivity contribution in [3.8, 4) is 23.0 Å². The Morgan fingerprint density at radius 1 is 0.594 bits per heavy atom. The second kappa shape index (κ2) is 23.3. The number of anilines is 2. The maximum atomic E-state index is 15.1. The Bertz CT molecular complexity index is 2180. The summed E-state index contributed by atoms with van der Waals surface area (Å²) in [5.74, 6) is -0.524. The van der Waals surface area contributed by atoms with E-state index >= 15 is 8.78 Å². The molecule has 2 aliphatic heterocycles. The average Bonchev–Trinajstić information content (AvgIpc) is 3.93. The number of carbonyl (C=O) groups is 2. The number of halogens is 6. The summed E-state index contributed by atoms with van der Waals surface area (Å²) in [6.07, 6.45) is 10.5. The van der Waals surface area contributed by atoms with Crippen LogP contribution in [0, 0.1) is 0 Å². The maximum Gasteiger partial charge on any atom is 0.243 e. The fourth-order valence-corrected chi connectivity index (χ4v) is 7.46. The summed E-state index contributed by atoms with van der Waals surface area (Å²) >= 11 is 25.0. The average molecular weight is 967 g/mol. The Labute approximate surface area is 386 Å². The van der Waals surface area contributed by atoms with E-state index in [0.717, 1.165) is 0 Å². The molecule has 2 aromatic heterocycles. The molecule has 0 unspecified atom stereocenters. The van der Waals surface area contributed by atoms with E-state index in [1.807, 2.05) is 0 Å². The van der Waals surface area contributed by atoms with Gasteiger partial charge < -0.3 is 49.7 Å². The van der Waals surface area contributed by atoms with Gasteiger partial charge in [-0.25, -0.2) is 28.7 Å². The topological polar surface area (TPSA) is 189 Å². The number of hydrogen-bond donors (Lipinski definition) is 4. The molecule has 2 fully saturated rings. The van der Waals surface area contributed by atoms with Gasteiger partial charge in [0.25, 0.3) is 0 Å². The van der Waals surface area contributed by atoms with Crippen molar-refractivity contribution >= 4 is 93.9 Å². The largest absolute Gasteiger partial charge is 0.495 e. The summed E-state index contributed by atoms with van der Waals surface area (Å²) in [5, 5.41) is 11.8. The number of benzene rings is 2. The number of amides is 2. The van der Waals surface area contributed by atoms with E-state index in [1.54, 1.807) is 0 Å². The van der Waals surface area contributed by atoms with Gasteiger partial charge in [0.2, 0.25) is 23.7 Å². The molecule has 2 amide bonds. The van der Waals surface area contributed by atoms with E-state index in [0.29, 0.717) is 49.5 Å². The predicted molar refractivity (Wildman–Crippen MR) is 242 cm³/mol. The Hall–Kier alpha value is -5.76. The summed E-state index contributed by atoms with van der Waals surface area (Å²) in [4.78, 5) is 39.9. The first-order chi connectivity index (χ1) is 30.7. The number of rotatable bonds is 16. The van der Waals surface area contributed by atoms with Crippen molar-refractivity contribution in [2.24, 2.45) is 0 Å². The van der Waals surface area contributed by atoms with Crippen molar-refractivity contribution in [3.05, 3.63) is 105 Å². The minimum Gasteiger partial charge on any atom is -0.495 e. The van der Waals surface area contributed by atoms with Crippen molar-refractivity contribution in [2.45, 2.75) is 24.2 Å². The molecule has 2 aromatic carbocycles. The number of hydrogen-bond acceptors (Lipinski definition) is 14. The molecule has 4 heterocycles. The Balaban J connectivity index is 0.000000241. The number of ether oxygens (including phenoxy) is 6. The lowest BCUT2D eigenvalue weighted by atomic mass is 10.1. The van der Waals surface area contributed by atoms with Crippen molar-refractivity contribution in [1.82, 2.24) is 30.6 Å². The summed E-state index contributed by atoms with van der Waals surface area (Å²) in [6, 6.07) is 1.99. The number of carbonyl (C=O) groups excluding carboxylic acids is 2. The smallest absolute Gasteiger partial charge is 0.243 e. The van der Waals surface area contributed by atoms with Crippen molar-refractivity contribution in [2.75, 3.05) is 65.5 Å². The highest BCUT2D eigenvalue weighted by Gasteiger charge is 2.31. The zero-order chi connectivity index (χ0) is 46.5. The van der Waals surface area contributed by atoms with Gasteiger partial charge in [0.15, 0.2) is 0 Å². The van der Waals surface area contributed by atoms with Gasteiger partial charge in [0, 0.05) is 48.0 Å². The molecule has 4 atom stereocenters. The van der Waals surface area contributed by atoms with Crippen LogP contribution in [0.15, 0.2) is 62.2 Å². The number of methoxy groups -OCH3 is 4. The highest BCUT2D eigenvalue weighted by molar-refractivity contribution is 6.40. The third-order valence-electron chi connectivity index (χ3n) is 9.37. The molecule has 0 saturated carbocycles. The number of aromatic nitrogens is 4. The molecule has 22 heteroatoms. The van der Waals surface area contributed by atoms with E-state index in [4.69, 9.17) is 74.8 Å². The van der Waals surface area contributed by atoms with Gasteiger partial charge in [0.1, 0.15) is 34.7 Å². The lowest BCUT2D eigenvalue weighted by Gasteiger charge is -2.19. The maximum absolute atomic E-state index is 15.1. The van der Waals surface area contributed by atoms with Gasteiger partial charge >= 0.3 is 0 Å². The van der Waals surface area contributed by atoms with Gasteiger partial charge in [-0.3, -0.25) is 9.59 Å². The Kier molecular flexibility index (Phi) is 17.9.